The molecule has 1 aromatic carbocycles. The molecule has 2 rings (SSSR count). The molecule has 0 aliphatic heterocycles. The Kier molecular flexibility index (Phi) is 4.20. The minimum absolute atomic E-state index is 0.291. The summed E-state index contributed by atoms with van der Waals surface area (Å²) in [6, 6.07) is 4.98. The van der Waals surface area contributed by atoms with Crippen LogP contribution in [0.4, 0.5) is 5.69 Å². The van der Waals surface area contributed by atoms with Gasteiger partial charge in [-0.15, -0.1) is 0 Å². The highest BCUT2D eigenvalue weighted by molar-refractivity contribution is 6.34. The fraction of sp³-hybridized carbons (Fsp3) is 0.231. The molecule has 5 nitrogen and oxygen atoms in total. The Labute approximate surface area is 126 Å². The minimum atomic E-state index is -0.332. The van der Waals surface area contributed by atoms with E-state index in [9.17, 15) is 4.79 Å². The van der Waals surface area contributed by atoms with Crippen LogP contribution in [0.5, 0.6) is 5.75 Å². The van der Waals surface area contributed by atoms with E-state index in [1.807, 2.05) is 0 Å². The van der Waals surface area contributed by atoms with Gasteiger partial charge in [0.2, 0.25) is 0 Å². The average molecular weight is 314 g/mol. The van der Waals surface area contributed by atoms with Gasteiger partial charge >= 0.3 is 0 Å². The summed E-state index contributed by atoms with van der Waals surface area (Å²) in [5, 5.41) is 7.53. The summed E-state index contributed by atoms with van der Waals surface area (Å²) in [5.41, 5.74) is 1.47. The second-order valence-electron chi connectivity index (χ2n) is 4.18. The van der Waals surface area contributed by atoms with Gasteiger partial charge in [0.05, 0.1) is 23.4 Å². The maximum Gasteiger partial charge on any atom is 0.260 e. The molecule has 20 heavy (non-hydrogen) atoms. The zero-order chi connectivity index (χ0) is 14.9. The number of anilines is 1. The van der Waals surface area contributed by atoms with Gasteiger partial charge in [0.25, 0.3) is 5.91 Å². The van der Waals surface area contributed by atoms with Gasteiger partial charge in [-0.1, -0.05) is 23.2 Å². The van der Waals surface area contributed by atoms with Crippen molar-refractivity contribution in [2.75, 3.05) is 12.4 Å². The summed E-state index contributed by atoms with van der Waals surface area (Å²) in [6.07, 6.45) is 0. The van der Waals surface area contributed by atoms with Gasteiger partial charge in [-0.2, -0.15) is 5.10 Å². The van der Waals surface area contributed by atoms with Crippen LogP contribution in [-0.2, 0) is 7.05 Å². The van der Waals surface area contributed by atoms with E-state index in [4.69, 9.17) is 27.9 Å². The molecule has 0 aliphatic carbocycles. The second-order valence-corrected chi connectivity index (χ2v) is 4.94. The smallest absolute Gasteiger partial charge is 0.260 e. The topological polar surface area (TPSA) is 56.1 Å². The van der Waals surface area contributed by atoms with Crippen molar-refractivity contribution < 1.29 is 9.53 Å². The van der Waals surface area contributed by atoms with Gasteiger partial charge in [-0.3, -0.25) is 9.48 Å². The number of aromatic nitrogens is 2. The zero-order valence-electron chi connectivity index (χ0n) is 11.2. The lowest BCUT2D eigenvalue weighted by Crippen LogP contribution is -2.13. The molecule has 0 spiro atoms. The Morgan fingerprint density at radius 2 is 2.10 bits per heavy atom. The van der Waals surface area contributed by atoms with Crippen LogP contribution in [0.2, 0.25) is 10.2 Å². The number of hydrogen-bond donors (Lipinski definition) is 1. The lowest BCUT2D eigenvalue weighted by molar-refractivity contribution is 0.102. The van der Waals surface area contributed by atoms with E-state index in [1.165, 1.54) is 11.8 Å². The summed E-state index contributed by atoms with van der Waals surface area (Å²) in [5.74, 6) is 0.210. The largest absolute Gasteiger partial charge is 0.495 e. The van der Waals surface area contributed by atoms with E-state index in [0.717, 1.165) is 0 Å². The van der Waals surface area contributed by atoms with Crippen LogP contribution in [0.1, 0.15) is 16.1 Å². The van der Waals surface area contributed by atoms with Gasteiger partial charge in [-0.05, 0) is 25.1 Å². The fourth-order valence-corrected chi connectivity index (χ4v) is 2.34. The Hall–Kier alpha value is -1.72. The Morgan fingerprint density at radius 3 is 2.60 bits per heavy atom. The molecule has 106 valence electrons. The van der Waals surface area contributed by atoms with Crippen molar-refractivity contribution in [3.05, 3.63) is 39.6 Å². The molecule has 1 heterocycles. The van der Waals surface area contributed by atoms with Gasteiger partial charge in [0, 0.05) is 12.7 Å². The monoisotopic (exact) mass is 313 g/mol. The fourth-order valence-electron chi connectivity index (χ4n) is 1.83. The third kappa shape index (κ3) is 2.73. The standard InChI is InChI=1S/C13H13Cl2N3O2/c1-7-11(12(15)18(2)17-7)13(19)16-8-4-5-10(20-3)9(14)6-8/h4-6H,1-3H3,(H,16,19). The van der Waals surface area contributed by atoms with Crippen LogP contribution in [-0.4, -0.2) is 22.8 Å². The van der Waals surface area contributed by atoms with Crippen molar-refractivity contribution in [2.24, 2.45) is 7.05 Å². The minimum Gasteiger partial charge on any atom is -0.495 e. The van der Waals surface area contributed by atoms with Crippen LogP contribution >= 0.6 is 23.2 Å². The van der Waals surface area contributed by atoms with E-state index in [-0.39, 0.29) is 5.91 Å². The molecule has 0 radical (unpaired) electrons. The van der Waals surface area contributed by atoms with Gasteiger partial charge in [0.15, 0.2) is 0 Å². The zero-order valence-corrected chi connectivity index (χ0v) is 12.7. The number of halogens is 2. The molecule has 0 saturated carbocycles. The first-order valence-corrected chi connectivity index (χ1v) is 6.53. The number of carbonyl (C=O) groups excluding carboxylic acids is 1. The summed E-state index contributed by atoms with van der Waals surface area (Å²) in [4.78, 5) is 12.2. The number of carbonyl (C=O) groups is 1. The predicted molar refractivity (Wildman–Crippen MR) is 78.9 cm³/mol. The van der Waals surface area contributed by atoms with E-state index in [2.05, 4.69) is 10.4 Å². The maximum atomic E-state index is 12.2. The Balaban J connectivity index is 2.26. The van der Waals surface area contributed by atoms with Crippen molar-refractivity contribution in [1.29, 1.82) is 0 Å². The molecule has 1 amide bonds. The molecule has 0 unspecified atom stereocenters. The van der Waals surface area contributed by atoms with Gasteiger partial charge < -0.3 is 10.1 Å². The highest BCUT2D eigenvalue weighted by Crippen LogP contribution is 2.28. The van der Waals surface area contributed by atoms with E-state index < -0.39 is 0 Å². The van der Waals surface area contributed by atoms with E-state index >= 15 is 0 Å². The second kappa shape index (κ2) is 5.73. The van der Waals surface area contributed by atoms with Crippen molar-refractivity contribution in [3.8, 4) is 5.75 Å². The summed E-state index contributed by atoms with van der Waals surface area (Å²) >= 11 is 12.1. The number of hydrogen-bond acceptors (Lipinski definition) is 3. The van der Waals surface area contributed by atoms with Crippen molar-refractivity contribution in [3.63, 3.8) is 0 Å². The maximum absolute atomic E-state index is 12.2. The third-order valence-electron chi connectivity index (χ3n) is 2.79. The van der Waals surface area contributed by atoms with E-state index in [0.29, 0.717) is 32.9 Å². The van der Waals surface area contributed by atoms with Crippen LogP contribution in [0.15, 0.2) is 18.2 Å². The van der Waals surface area contributed by atoms with Crippen molar-refractivity contribution in [1.82, 2.24) is 9.78 Å². The van der Waals surface area contributed by atoms with Gasteiger partial charge in [-0.25, -0.2) is 0 Å². The predicted octanol–water partition coefficient (Wildman–Crippen LogP) is 3.30. The molecular weight excluding hydrogens is 301 g/mol. The highest BCUT2D eigenvalue weighted by Gasteiger charge is 2.19. The number of methoxy groups -OCH3 is 1. The molecular formula is C13H13Cl2N3O2. The molecule has 0 atom stereocenters. The van der Waals surface area contributed by atoms with Crippen LogP contribution < -0.4 is 10.1 Å². The van der Waals surface area contributed by atoms with Crippen LogP contribution in [0, 0.1) is 6.92 Å². The first-order valence-electron chi connectivity index (χ1n) is 5.78. The first-order chi connectivity index (χ1) is 9.43. The Bertz CT molecular complexity index is 668. The number of ether oxygens (including phenoxy) is 1. The first kappa shape index (κ1) is 14.7. The molecule has 0 bridgehead atoms. The number of benzene rings is 1. The number of amides is 1. The Morgan fingerprint density at radius 1 is 1.40 bits per heavy atom. The number of aryl methyl sites for hydroxylation is 2. The molecule has 7 heteroatoms. The van der Waals surface area contributed by atoms with Crippen molar-refractivity contribution >= 4 is 34.8 Å². The molecule has 1 N–H and O–H groups in total. The molecule has 0 saturated heterocycles. The van der Waals surface area contributed by atoms with Crippen LogP contribution in [0.25, 0.3) is 0 Å². The van der Waals surface area contributed by atoms with Gasteiger partial charge in [0.1, 0.15) is 10.9 Å². The average Bonchev–Trinajstić information content (AvgIpc) is 2.63. The highest BCUT2D eigenvalue weighted by atomic mass is 35.5. The SMILES string of the molecule is COc1ccc(NC(=O)c2c(C)nn(C)c2Cl)cc1Cl. The van der Waals surface area contributed by atoms with E-state index in [1.54, 1.807) is 32.2 Å². The number of rotatable bonds is 3. The van der Waals surface area contributed by atoms with Crippen molar-refractivity contribution in [2.45, 2.75) is 6.92 Å². The summed E-state index contributed by atoms with van der Waals surface area (Å²) < 4.78 is 6.50. The lowest BCUT2D eigenvalue weighted by atomic mass is 10.2. The summed E-state index contributed by atoms with van der Waals surface area (Å²) in [7, 11) is 3.20. The normalized spacial score (nSPS) is 10.4. The number of nitrogens with one attached hydrogen (secondary N) is 1. The molecule has 0 fully saturated rings. The quantitative estimate of drug-likeness (QED) is 0.946. The number of nitrogens with zero attached hydrogens (tertiary/aromatic N) is 2. The molecule has 1 aromatic heterocycles. The lowest BCUT2D eigenvalue weighted by Gasteiger charge is -2.08. The third-order valence-corrected chi connectivity index (χ3v) is 3.52. The molecule has 2 aromatic rings. The van der Waals surface area contributed by atoms with Crippen LogP contribution in [0.3, 0.4) is 0 Å². The molecule has 0 aliphatic rings. The summed E-state index contributed by atoms with van der Waals surface area (Å²) in [6.45, 7) is 1.72.